The number of nitrogens with one attached hydrogen (secondary N) is 1. The highest BCUT2D eigenvalue weighted by Crippen LogP contribution is 2.12. The number of furan rings is 1. The lowest BCUT2D eigenvalue weighted by molar-refractivity contribution is -0.384. The molecule has 0 spiro atoms. The molecule has 8 heteroatoms. The van der Waals surface area contributed by atoms with Crippen LogP contribution in [0.4, 0.5) is 5.69 Å². The highest BCUT2D eigenvalue weighted by Gasteiger charge is 2.06. The smallest absolute Gasteiger partial charge is 0.331 e. The average Bonchev–Trinajstić information content (AvgIpc) is 3.10. The summed E-state index contributed by atoms with van der Waals surface area (Å²) in [5.41, 5.74) is 0.558. The van der Waals surface area contributed by atoms with Crippen LogP contribution in [-0.2, 0) is 20.9 Å². The summed E-state index contributed by atoms with van der Waals surface area (Å²) in [7, 11) is 0. The average molecular weight is 330 g/mol. The predicted molar refractivity (Wildman–Crippen MR) is 83.6 cm³/mol. The summed E-state index contributed by atoms with van der Waals surface area (Å²) in [5, 5.41) is 13.1. The SMILES string of the molecule is O=C(COC(=O)/C=C/c1ccc([N+](=O)[O-])cc1)NCc1ccco1. The van der Waals surface area contributed by atoms with Gasteiger partial charge in [0.25, 0.3) is 11.6 Å². The maximum absolute atomic E-state index is 11.5. The highest BCUT2D eigenvalue weighted by atomic mass is 16.6. The van der Waals surface area contributed by atoms with E-state index in [9.17, 15) is 19.7 Å². The zero-order chi connectivity index (χ0) is 17.4. The Morgan fingerprint density at radius 1 is 1.25 bits per heavy atom. The Bertz CT molecular complexity index is 734. The molecule has 8 nitrogen and oxygen atoms in total. The first kappa shape index (κ1) is 16.9. The van der Waals surface area contributed by atoms with Crippen LogP contribution in [0, 0.1) is 10.1 Å². The number of non-ortho nitro benzene ring substituents is 1. The van der Waals surface area contributed by atoms with Crippen LogP contribution in [0.2, 0.25) is 0 Å². The summed E-state index contributed by atoms with van der Waals surface area (Å²) in [6, 6.07) is 9.06. The standard InChI is InChI=1S/C16H14N2O6/c19-15(17-10-14-2-1-9-23-14)11-24-16(20)8-5-12-3-6-13(7-4-12)18(21)22/h1-9H,10-11H2,(H,17,19)/b8-5+. The summed E-state index contributed by atoms with van der Waals surface area (Å²) < 4.78 is 9.83. The van der Waals surface area contributed by atoms with Crippen molar-refractivity contribution in [2.24, 2.45) is 0 Å². The Balaban J connectivity index is 1.73. The van der Waals surface area contributed by atoms with E-state index in [4.69, 9.17) is 9.15 Å². The van der Waals surface area contributed by atoms with Crippen molar-refractivity contribution in [1.82, 2.24) is 5.32 Å². The molecule has 124 valence electrons. The van der Waals surface area contributed by atoms with Crippen LogP contribution in [0.3, 0.4) is 0 Å². The number of amides is 1. The summed E-state index contributed by atoms with van der Waals surface area (Å²) in [5.74, 6) is -0.558. The van der Waals surface area contributed by atoms with Gasteiger partial charge in [0.1, 0.15) is 5.76 Å². The van der Waals surface area contributed by atoms with Gasteiger partial charge in [-0.2, -0.15) is 0 Å². The minimum absolute atomic E-state index is 0.0389. The predicted octanol–water partition coefficient (Wildman–Crippen LogP) is 2.06. The number of carbonyl (C=O) groups is 2. The molecule has 1 amide bonds. The second kappa shape index (κ2) is 8.28. The maximum Gasteiger partial charge on any atom is 0.331 e. The zero-order valence-electron chi connectivity index (χ0n) is 12.5. The molecule has 0 fully saturated rings. The number of hydrogen-bond donors (Lipinski definition) is 1. The Hall–Kier alpha value is -3.42. The van der Waals surface area contributed by atoms with Crippen molar-refractivity contribution in [3.63, 3.8) is 0 Å². The van der Waals surface area contributed by atoms with Gasteiger partial charge in [-0.1, -0.05) is 0 Å². The van der Waals surface area contributed by atoms with Crippen LogP contribution >= 0.6 is 0 Å². The number of hydrogen-bond acceptors (Lipinski definition) is 6. The van der Waals surface area contributed by atoms with Crippen LogP contribution in [-0.4, -0.2) is 23.4 Å². The van der Waals surface area contributed by atoms with E-state index in [0.717, 1.165) is 6.08 Å². The van der Waals surface area contributed by atoms with E-state index in [-0.39, 0.29) is 12.2 Å². The van der Waals surface area contributed by atoms with Crippen LogP contribution < -0.4 is 5.32 Å². The third-order valence-electron chi connectivity index (χ3n) is 2.90. The first-order chi connectivity index (χ1) is 11.5. The number of benzene rings is 1. The van der Waals surface area contributed by atoms with E-state index in [1.54, 1.807) is 12.1 Å². The normalized spacial score (nSPS) is 10.5. The molecule has 0 aliphatic rings. The number of nitro benzene ring substituents is 1. The fraction of sp³-hybridized carbons (Fsp3) is 0.125. The maximum atomic E-state index is 11.5. The van der Waals surface area contributed by atoms with Crippen molar-refractivity contribution < 1.29 is 23.7 Å². The topological polar surface area (TPSA) is 112 Å². The molecule has 0 aliphatic heterocycles. The van der Waals surface area contributed by atoms with Gasteiger partial charge in [0.15, 0.2) is 6.61 Å². The summed E-state index contributed by atoms with van der Waals surface area (Å²) in [4.78, 5) is 33.0. The molecule has 0 bridgehead atoms. The van der Waals surface area contributed by atoms with Crippen molar-refractivity contribution in [2.75, 3.05) is 6.61 Å². The zero-order valence-corrected chi connectivity index (χ0v) is 12.5. The van der Waals surface area contributed by atoms with Gasteiger partial charge in [-0.05, 0) is 35.9 Å². The molecular formula is C16H14N2O6. The van der Waals surface area contributed by atoms with Gasteiger partial charge in [0.2, 0.25) is 0 Å². The van der Waals surface area contributed by atoms with Gasteiger partial charge in [0.05, 0.1) is 17.7 Å². The molecule has 2 aromatic rings. The molecule has 0 saturated heterocycles. The molecule has 0 aliphatic carbocycles. The fourth-order valence-corrected chi connectivity index (χ4v) is 1.71. The highest BCUT2D eigenvalue weighted by molar-refractivity contribution is 5.89. The molecule has 24 heavy (non-hydrogen) atoms. The minimum atomic E-state index is -0.693. The van der Waals surface area contributed by atoms with Gasteiger partial charge in [-0.15, -0.1) is 0 Å². The van der Waals surface area contributed by atoms with E-state index in [2.05, 4.69) is 5.32 Å². The number of rotatable bonds is 7. The van der Waals surface area contributed by atoms with Gasteiger partial charge in [-0.25, -0.2) is 4.79 Å². The molecular weight excluding hydrogens is 316 g/mol. The quantitative estimate of drug-likeness (QED) is 0.360. The molecule has 1 aromatic heterocycles. The Labute approximate surface area is 136 Å². The first-order valence-corrected chi connectivity index (χ1v) is 6.93. The van der Waals surface area contributed by atoms with Crippen LogP contribution in [0.5, 0.6) is 0 Å². The van der Waals surface area contributed by atoms with Gasteiger partial charge in [-0.3, -0.25) is 14.9 Å². The van der Waals surface area contributed by atoms with Crippen molar-refractivity contribution in [3.8, 4) is 0 Å². The van der Waals surface area contributed by atoms with E-state index in [1.807, 2.05) is 0 Å². The lowest BCUT2D eigenvalue weighted by atomic mass is 10.2. The number of esters is 1. The Morgan fingerprint density at radius 2 is 2.00 bits per heavy atom. The summed E-state index contributed by atoms with van der Waals surface area (Å²) >= 11 is 0. The Morgan fingerprint density at radius 3 is 2.62 bits per heavy atom. The van der Waals surface area contributed by atoms with Crippen molar-refractivity contribution >= 4 is 23.6 Å². The molecule has 0 unspecified atom stereocenters. The minimum Gasteiger partial charge on any atom is -0.467 e. The molecule has 0 atom stereocenters. The lowest BCUT2D eigenvalue weighted by Crippen LogP contribution is -2.27. The molecule has 0 radical (unpaired) electrons. The number of nitrogens with zero attached hydrogens (tertiary/aromatic N) is 1. The third-order valence-corrected chi connectivity index (χ3v) is 2.90. The number of ether oxygens (including phenoxy) is 1. The fourth-order valence-electron chi connectivity index (χ4n) is 1.71. The van der Waals surface area contributed by atoms with E-state index in [0.29, 0.717) is 11.3 Å². The third kappa shape index (κ3) is 5.41. The first-order valence-electron chi connectivity index (χ1n) is 6.93. The van der Waals surface area contributed by atoms with Gasteiger partial charge in [0, 0.05) is 18.2 Å². The molecule has 2 rings (SSSR count). The van der Waals surface area contributed by atoms with Crippen LogP contribution in [0.15, 0.2) is 53.2 Å². The van der Waals surface area contributed by atoms with Crippen LogP contribution in [0.25, 0.3) is 6.08 Å². The van der Waals surface area contributed by atoms with Crippen LogP contribution in [0.1, 0.15) is 11.3 Å². The number of carbonyl (C=O) groups excluding carboxylic acids is 2. The largest absolute Gasteiger partial charge is 0.467 e. The van der Waals surface area contributed by atoms with Crippen molar-refractivity contribution in [3.05, 3.63) is 70.2 Å². The van der Waals surface area contributed by atoms with E-state index < -0.39 is 23.4 Å². The van der Waals surface area contributed by atoms with E-state index in [1.165, 1.54) is 36.6 Å². The van der Waals surface area contributed by atoms with Gasteiger partial charge < -0.3 is 14.5 Å². The van der Waals surface area contributed by atoms with Gasteiger partial charge >= 0.3 is 5.97 Å². The second-order valence-electron chi connectivity index (χ2n) is 4.65. The second-order valence-corrected chi connectivity index (χ2v) is 4.65. The number of nitro groups is 1. The van der Waals surface area contributed by atoms with E-state index >= 15 is 0 Å². The lowest BCUT2D eigenvalue weighted by Gasteiger charge is -2.03. The monoisotopic (exact) mass is 330 g/mol. The molecule has 1 aromatic carbocycles. The summed E-state index contributed by atoms with van der Waals surface area (Å²) in [6.07, 6.45) is 4.07. The Kier molecular flexibility index (Phi) is 5.84. The molecule has 1 N–H and O–H groups in total. The van der Waals surface area contributed by atoms with Crippen molar-refractivity contribution in [1.29, 1.82) is 0 Å². The molecule has 1 heterocycles. The summed E-state index contributed by atoms with van der Waals surface area (Å²) in [6.45, 7) is -0.202. The van der Waals surface area contributed by atoms with Crippen molar-refractivity contribution in [2.45, 2.75) is 6.54 Å². The molecule has 0 saturated carbocycles.